The van der Waals surface area contributed by atoms with E-state index < -0.39 is 0 Å². The average Bonchev–Trinajstić information content (AvgIpc) is 3.45. The topological polar surface area (TPSA) is 128 Å². The molecule has 2 aromatic carbocycles. The molecule has 0 saturated heterocycles. The van der Waals surface area contributed by atoms with Crippen molar-refractivity contribution in [3.63, 3.8) is 0 Å². The summed E-state index contributed by atoms with van der Waals surface area (Å²) in [6.07, 6.45) is 3.09. The highest BCUT2D eigenvalue weighted by molar-refractivity contribution is 5.93. The SMILES string of the molecule is Cc1noc(C)c1-c1cc(N)c2c(c1)n(Cc1ccccc1)c(=O)n2C.O=c1[nH]cc[nH]1. The minimum atomic E-state index is -0.157. The van der Waals surface area contributed by atoms with Crippen LogP contribution in [-0.4, -0.2) is 24.3 Å². The van der Waals surface area contributed by atoms with Gasteiger partial charge in [-0.2, -0.15) is 0 Å². The van der Waals surface area contributed by atoms with Gasteiger partial charge in [-0.15, -0.1) is 0 Å². The minimum absolute atomic E-state index is 0.0912. The van der Waals surface area contributed by atoms with Gasteiger partial charge in [-0.1, -0.05) is 35.5 Å². The second-order valence-corrected chi connectivity index (χ2v) is 7.50. The van der Waals surface area contributed by atoms with Crippen molar-refractivity contribution in [1.29, 1.82) is 0 Å². The third-order valence-electron chi connectivity index (χ3n) is 5.28. The molecular formula is C23H24N6O3. The smallest absolute Gasteiger partial charge is 0.329 e. The van der Waals surface area contributed by atoms with E-state index in [0.29, 0.717) is 12.2 Å². The lowest BCUT2D eigenvalue weighted by Gasteiger charge is -2.08. The first kappa shape index (κ1) is 21.0. The number of fused-ring (bicyclic) bond motifs is 1. The maximum absolute atomic E-state index is 12.8. The van der Waals surface area contributed by atoms with Crippen molar-refractivity contribution >= 4 is 16.7 Å². The zero-order valence-corrected chi connectivity index (χ0v) is 18.0. The molecule has 0 spiro atoms. The van der Waals surface area contributed by atoms with Crippen LogP contribution in [0.3, 0.4) is 0 Å². The first-order valence-electron chi connectivity index (χ1n) is 10.0. The predicted molar refractivity (Wildman–Crippen MR) is 124 cm³/mol. The molecule has 0 bridgehead atoms. The van der Waals surface area contributed by atoms with E-state index >= 15 is 0 Å². The Labute approximate surface area is 183 Å². The molecule has 0 saturated carbocycles. The Morgan fingerprint density at radius 2 is 1.75 bits per heavy atom. The van der Waals surface area contributed by atoms with Crippen LogP contribution in [0.5, 0.6) is 0 Å². The number of nitrogen functional groups attached to an aromatic ring is 1. The van der Waals surface area contributed by atoms with Gasteiger partial charge < -0.3 is 20.2 Å². The van der Waals surface area contributed by atoms with Gasteiger partial charge in [0.05, 0.1) is 29.0 Å². The number of nitrogens with zero attached hydrogens (tertiary/aromatic N) is 3. The molecule has 0 radical (unpaired) electrons. The van der Waals surface area contributed by atoms with Gasteiger partial charge in [0.1, 0.15) is 5.76 Å². The molecule has 0 aliphatic carbocycles. The first-order chi connectivity index (χ1) is 15.4. The monoisotopic (exact) mass is 432 g/mol. The van der Waals surface area contributed by atoms with Gasteiger partial charge in [0, 0.05) is 25.0 Å². The summed E-state index contributed by atoms with van der Waals surface area (Å²) in [5, 5.41) is 4.03. The molecule has 4 N–H and O–H groups in total. The lowest BCUT2D eigenvalue weighted by Crippen LogP contribution is -2.22. The van der Waals surface area contributed by atoms with E-state index in [-0.39, 0.29) is 11.4 Å². The fourth-order valence-electron chi connectivity index (χ4n) is 3.83. The molecule has 3 heterocycles. The Balaban J connectivity index is 0.000000354. The van der Waals surface area contributed by atoms with Crippen LogP contribution in [0.25, 0.3) is 22.2 Å². The van der Waals surface area contributed by atoms with Crippen LogP contribution < -0.4 is 17.1 Å². The molecule has 9 heteroatoms. The van der Waals surface area contributed by atoms with Gasteiger partial charge in [-0.3, -0.25) is 9.13 Å². The number of anilines is 1. The molecule has 0 aliphatic heterocycles. The normalized spacial score (nSPS) is 10.8. The Hall–Kier alpha value is -4.27. The Bertz CT molecular complexity index is 1450. The molecule has 0 fully saturated rings. The number of aromatic nitrogens is 5. The fourth-order valence-corrected chi connectivity index (χ4v) is 3.83. The minimum Gasteiger partial charge on any atom is -0.397 e. The van der Waals surface area contributed by atoms with E-state index in [0.717, 1.165) is 39.2 Å². The summed E-state index contributed by atoms with van der Waals surface area (Å²) in [6, 6.07) is 13.8. The highest BCUT2D eigenvalue weighted by atomic mass is 16.5. The van der Waals surface area contributed by atoms with Crippen LogP contribution in [0, 0.1) is 13.8 Å². The number of nitrogens with one attached hydrogen (secondary N) is 2. The van der Waals surface area contributed by atoms with Crippen LogP contribution >= 0.6 is 0 Å². The predicted octanol–water partition coefficient (Wildman–Crippen LogP) is 2.95. The number of aromatic amines is 2. The van der Waals surface area contributed by atoms with Crippen molar-refractivity contribution in [2.75, 3.05) is 5.73 Å². The van der Waals surface area contributed by atoms with Crippen molar-refractivity contribution in [3.05, 3.63) is 92.8 Å². The van der Waals surface area contributed by atoms with E-state index in [9.17, 15) is 9.59 Å². The highest BCUT2D eigenvalue weighted by Crippen LogP contribution is 2.32. The number of hydrogen-bond acceptors (Lipinski definition) is 5. The number of hydrogen-bond donors (Lipinski definition) is 3. The molecule has 164 valence electrons. The maximum atomic E-state index is 12.8. The molecule has 0 aliphatic rings. The highest BCUT2D eigenvalue weighted by Gasteiger charge is 2.18. The molecule has 32 heavy (non-hydrogen) atoms. The summed E-state index contributed by atoms with van der Waals surface area (Å²) >= 11 is 0. The first-order valence-corrected chi connectivity index (χ1v) is 10.0. The van der Waals surface area contributed by atoms with Crippen molar-refractivity contribution in [2.24, 2.45) is 7.05 Å². The maximum Gasteiger partial charge on any atom is 0.329 e. The molecule has 5 aromatic rings. The largest absolute Gasteiger partial charge is 0.397 e. The fraction of sp³-hybridized carbons (Fsp3) is 0.174. The van der Waals surface area contributed by atoms with Crippen LogP contribution in [0.4, 0.5) is 5.69 Å². The second kappa shape index (κ2) is 8.46. The standard InChI is InChI=1S/C20H20N4O2.C3H4N2O/c1-12-18(13(2)26-22-12)15-9-16(21)19-17(10-15)24(20(25)23(19)3)11-14-7-5-4-6-8-14;6-3-4-1-2-5-3/h4-10H,11,21H2,1-3H3;1-2H,(H2,4,5,6). The van der Waals surface area contributed by atoms with Gasteiger partial charge in [0.25, 0.3) is 0 Å². The summed E-state index contributed by atoms with van der Waals surface area (Å²) in [5.41, 5.74) is 11.8. The van der Waals surface area contributed by atoms with Crippen molar-refractivity contribution in [2.45, 2.75) is 20.4 Å². The second-order valence-electron chi connectivity index (χ2n) is 7.50. The van der Waals surface area contributed by atoms with E-state index in [4.69, 9.17) is 10.3 Å². The summed E-state index contributed by atoms with van der Waals surface area (Å²) in [6.45, 7) is 4.26. The lowest BCUT2D eigenvalue weighted by atomic mass is 10.0. The molecule has 0 amide bonds. The van der Waals surface area contributed by atoms with E-state index in [1.54, 1.807) is 28.6 Å². The molecule has 5 rings (SSSR count). The third kappa shape index (κ3) is 3.87. The Kier molecular flexibility index (Phi) is 5.55. The van der Waals surface area contributed by atoms with Gasteiger partial charge >= 0.3 is 11.4 Å². The van der Waals surface area contributed by atoms with Crippen molar-refractivity contribution in [3.8, 4) is 11.1 Å². The van der Waals surface area contributed by atoms with Gasteiger partial charge in [-0.05, 0) is 37.1 Å². The molecular weight excluding hydrogens is 408 g/mol. The number of nitrogens with two attached hydrogens (primary N) is 1. The van der Waals surface area contributed by atoms with Crippen molar-refractivity contribution < 1.29 is 4.52 Å². The number of aryl methyl sites for hydroxylation is 3. The summed E-state index contributed by atoms with van der Waals surface area (Å²) in [5.74, 6) is 0.731. The zero-order valence-electron chi connectivity index (χ0n) is 18.0. The molecule has 3 aromatic heterocycles. The average molecular weight is 432 g/mol. The van der Waals surface area contributed by atoms with Crippen LogP contribution in [0.1, 0.15) is 17.0 Å². The summed E-state index contributed by atoms with van der Waals surface area (Å²) < 4.78 is 8.65. The Morgan fingerprint density at radius 1 is 1.06 bits per heavy atom. The third-order valence-corrected chi connectivity index (χ3v) is 5.28. The number of benzene rings is 2. The Morgan fingerprint density at radius 3 is 2.31 bits per heavy atom. The van der Waals surface area contributed by atoms with Gasteiger partial charge in [0.15, 0.2) is 0 Å². The van der Waals surface area contributed by atoms with Gasteiger partial charge in [-0.25, -0.2) is 9.59 Å². The van der Waals surface area contributed by atoms with Gasteiger partial charge in [0.2, 0.25) is 0 Å². The van der Waals surface area contributed by atoms with E-state index in [2.05, 4.69) is 15.1 Å². The zero-order chi connectivity index (χ0) is 22.8. The molecule has 0 atom stereocenters. The van der Waals surface area contributed by atoms with Crippen LogP contribution in [-0.2, 0) is 13.6 Å². The number of H-pyrrole nitrogens is 2. The number of imidazole rings is 2. The van der Waals surface area contributed by atoms with Crippen molar-refractivity contribution in [1.82, 2.24) is 24.3 Å². The number of rotatable bonds is 3. The van der Waals surface area contributed by atoms with E-state index in [1.165, 1.54) is 0 Å². The summed E-state index contributed by atoms with van der Waals surface area (Å²) in [7, 11) is 1.75. The molecule has 0 unspecified atom stereocenters. The van der Waals surface area contributed by atoms with E-state index in [1.807, 2.05) is 56.3 Å². The van der Waals surface area contributed by atoms with Crippen LogP contribution in [0.2, 0.25) is 0 Å². The molecule has 9 nitrogen and oxygen atoms in total. The quantitative estimate of drug-likeness (QED) is 0.378. The van der Waals surface area contributed by atoms with Crippen LogP contribution in [0.15, 0.2) is 69.0 Å². The summed E-state index contributed by atoms with van der Waals surface area (Å²) in [4.78, 5) is 27.6. The lowest BCUT2D eigenvalue weighted by molar-refractivity contribution is 0.393.